The summed E-state index contributed by atoms with van der Waals surface area (Å²) in [5, 5.41) is 12.2. The second kappa shape index (κ2) is 5.16. The van der Waals surface area contributed by atoms with E-state index in [-0.39, 0.29) is 28.3 Å². The summed E-state index contributed by atoms with van der Waals surface area (Å²) in [6.07, 6.45) is 0. The molecule has 0 saturated heterocycles. The summed E-state index contributed by atoms with van der Waals surface area (Å²) in [4.78, 5) is 10.8. The zero-order chi connectivity index (χ0) is 15.8. The van der Waals surface area contributed by atoms with Crippen LogP contribution in [-0.4, -0.2) is 23.3 Å². The predicted octanol–water partition coefficient (Wildman–Crippen LogP) is 3.47. The maximum absolute atomic E-state index is 13.6. The molecule has 2 aromatic rings. The minimum atomic E-state index is -3.11. The maximum Gasteiger partial charge on any atom is 0.358 e. The van der Waals surface area contributed by atoms with Crippen molar-refractivity contribution in [2.75, 3.05) is 7.11 Å². The lowest BCUT2D eigenvalue weighted by molar-refractivity contribution is 0.0151. The van der Waals surface area contributed by atoms with E-state index < -0.39 is 11.9 Å². The van der Waals surface area contributed by atoms with Crippen LogP contribution in [0.25, 0.3) is 11.3 Å². The van der Waals surface area contributed by atoms with Crippen LogP contribution in [0.2, 0.25) is 0 Å². The highest BCUT2D eigenvalue weighted by Crippen LogP contribution is 2.42. The fourth-order valence-electron chi connectivity index (χ4n) is 2.04. The molecule has 0 amide bonds. The number of nitrogens with zero attached hydrogens (tertiary/aromatic N) is 1. The Hall–Kier alpha value is -2.44. The molecular formula is C14H13F2NO4. The first kappa shape index (κ1) is 15.0. The summed E-state index contributed by atoms with van der Waals surface area (Å²) in [6.45, 7) is 2.44. The summed E-state index contributed by atoms with van der Waals surface area (Å²) in [6, 6.07) is 3.93. The number of aromatic nitrogens is 1. The van der Waals surface area contributed by atoms with Gasteiger partial charge in [0.1, 0.15) is 5.75 Å². The molecule has 0 atom stereocenters. The molecule has 2 rings (SSSR count). The fraction of sp³-hybridized carbons (Fsp3) is 0.286. The van der Waals surface area contributed by atoms with Crippen molar-refractivity contribution in [3.8, 4) is 17.1 Å². The van der Waals surface area contributed by atoms with Gasteiger partial charge in [-0.1, -0.05) is 11.2 Å². The van der Waals surface area contributed by atoms with Crippen LogP contribution in [0.15, 0.2) is 22.7 Å². The smallest absolute Gasteiger partial charge is 0.358 e. The number of carboxylic acid groups (broad SMARTS) is 1. The van der Waals surface area contributed by atoms with Gasteiger partial charge in [0.05, 0.1) is 18.2 Å². The monoisotopic (exact) mass is 297 g/mol. The number of rotatable bonds is 4. The summed E-state index contributed by atoms with van der Waals surface area (Å²) >= 11 is 0. The third-order valence-electron chi connectivity index (χ3n) is 3.02. The van der Waals surface area contributed by atoms with E-state index in [1.807, 2.05) is 0 Å². The molecule has 0 spiro atoms. The summed E-state index contributed by atoms with van der Waals surface area (Å²) in [5.41, 5.74) is 0.253. The van der Waals surface area contributed by atoms with Gasteiger partial charge in [-0.3, -0.25) is 0 Å². The Kier molecular flexibility index (Phi) is 3.67. The van der Waals surface area contributed by atoms with E-state index in [2.05, 4.69) is 5.16 Å². The number of hydrogen-bond donors (Lipinski definition) is 1. The van der Waals surface area contributed by atoms with Crippen molar-refractivity contribution >= 4 is 5.97 Å². The highest BCUT2D eigenvalue weighted by Gasteiger charge is 2.31. The molecule has 0 aliphatic rings. The van der Waals surface area contributed by atoms with E-state index in [4.69, 9.17) is 14.4 Å². The molecule has 1 N–H and O–H groups in total. The van der Waals surface area contributed by atoms with E-state index in [1.165, 1.54) is 25.3 Å². The second-order valence-corrected chi connectivity index (χ2v) is 4.61. The number of ether oxygens (including phenoxy) is 1. The van der Waals surface area contributed by atoms with Crippen molar-refractivity contribution in [1.82, 2.24) is 5.16 Å². The van der Waals surface area contributed by atoms with Crippen LogP contribution in [-0.2, 0) is 5.92 Å². The second-order valence-electron chi connectivity index (χ2n) is 4.61. The first-order valence-corrected chi connectivity index (χ1v) is 6.02. The van der Waals surface area contributed by atoms with Crippen LogP contribution in [0.4, 0.5) is 8.78 Å². The third kappa shape index (κ3) is 2.72. The molecule has 0 fully saturated rings. The Morgan fingerprint density at radius 1 is 1.43 bits per heavy atom. The Morgan fingerprint density at radius 2 is 2.10 bits per heavy atom. The summed E-state index contributed by atoms with van der Waals surface area (Å²) in [7, 11) is 1.27. The molecule has 1 aromatic heterocycles. The van der Waals surface area contributed by atoms with Gasteiger partial charge in [0, 0.05) is 13.0 Å². The van der Waals surface area contributed by atoms with Crippen LogP contribution in [0.5, 0.6) is 5.75 Å². The number of alkyl halides is 2. The molecule has 1 heterocycles. The maximum atomic E-state index is 13.6. The molecule has 0 aliphatic heterocycles. The van der Waals surface area contributed by atoms with Gasteiger partial charge < -0.3 is 14.4 Å². The number of hydrogen-bond acceptors (Lipinski definition) is 4. The van der Waals surface area contributed by atoms with Crippen molar-refractivity contribution in [2.24, 2.45) is 0 Å². The lowest BCUT2D eigenvalue weighted by atomic mass is 9.98. The van der Waals surface area contributed by atoms with E-state index in [0.717, 1.165) is 6.92 Å². The van der Waals surface area contributed by atoms with Gasteiger partial charge in [0.2, 0.25) is 0 Å². The van der Waals surface area contributed by atoms with Crippen LogP contribution in [0, 0.1) is 6.92 Å². The molecule has 1 aromatic carbocycles. The number of benzene rings is 1. The van der Waals surface area contributed by atoms with Gasteiger partial charge in [-0.25, -0.2) is 13.6 Å². The highest BCUT2D eigenvalue weighted by atomic mass is 19.3. The van der Waals surface area contributed by atoms with E-state index in [1.54, 1.807) is 6.92 Å². The van der Waals surface area contributed by atoms with E-state index >= 15 is 0 Å². The zero-order valence-corrected chi connectivity index (χ0v) is 11.6. The Morgan fingerprint density at radius 3 is 2.57 bits per heavy atom. The Labute approximate surface area is 119 Å². The molecule has 0 aliphatic carbocycles. The lowest BCUT2D eigenvalue weighted by Crippen LogP contribution is -2.10. The minimum absolute atomic E-state index is 0.0596. The van der Waals surface area contributed by atoms with E-state index in [9.17, 15) is 13.6 Å². The van der Waals surface area contributed by atoms with E-state index in [0.29, 0.717) is 5.56 Å². The van der Waals surface area contributed by atoms with Crippen molar-refractivity contribution in [3.63, 3.8) is 0 Å². The molecule has 21 heavy (non-hydrogen) atoms. The molecule has 5 nitrogen and oxygen atoms in total. The lowest BCUT2D eigenvalue weighted by Gasteiger charge is -2.18. The summed E-state index contributed by atoms with van der Waals surface area (Å²) in [5.74, 6) is -4.37. The molecule has 0 unspecified atom stereocenters. The first-order chi connectivity index (χ1) is 9.75. The number of carboxylic acids is 1. The predicted molar refractivity (Wildman–Crippen MR) is 69.8 cm³/mol. The zero-order valence-electron chi connectivity index (χ0n) is 11.6. The van der Waals surface area contributed by atoms with Gasteiger partial charge in [-0.05, 0) is 18.6 Å². The van der Waals surface area contributed by atoms with Crippen molar-refractivity contribution in [2.45, 2.75) is 19.8 Å². The number of methoxy groups -OCH3 is 1. The molecule has 0 saturated carbocycles. The molecule has 0 bridgehead atoms. The normalized spacial score (nSPS) is 11.5. The largest absolute Gasteiger partial charge is 0.495 e. The van der Waals surface area contributed by atoms with Gasteiger partial charge in [0.25, 0.3) is 5.92 Å². The van der Waals surface area contributed by atoms with Crippen LogP contribution < -0.4 is 4.74 Å². The SMILES string of the molecule is COc1c(C(C)(F)F)ccc(C)c1-c1cc(C(=O)O)no1. The third-order valence-corrected chi connectivity index (χ3v) is 3.02. The number of aromatic carboxylic acids is 1. The molecule has 7 heteroatoms. The van der Waals surface area contributed by atoms with Crippen LogP contribution in [0.1, 0.15) is 28.5 Å². The van der Waals surface area contributed by atoms with Crippen LogP contribution in [0.3, 0.4) is 0 Å². The van der Waals surface area contributed by atoms with Crippen molar-refractivity contribution in [1.29, 1.82) is 0 Å². The molecule has 0 radical (unpaired) electrons. The number of carbonyl (C=O) groups is 1. The van der Waals surface area contributed by atoms with Crippen molar-refractivity contribution < 1.29 is 27.9 Å². The standard InChI is InChI=1S/C14H13F2NO4/c1-7-4-5-8(14(2,15)16)12(20-3)11(7)10-6-9(13(18)19)17-21-10/h4-6H,1-3H3,(H,18,19). The average molecular weight is 297 g/mol. The summed E-state index contributed by atoms with van der Waals surface area (Å²) < 4.78 is 37.3. The molecule has 112 valence electrons. The van der Waals surface area contributed by atoms with Crippen molar-refractivity contribution in [3.05, 3.63) is 35.0 Å². The Bertz CT molecular complexity index is 689. The van der Waals surface area contributed by atoms with Gasteiger partial charge in [0.15, 0.2) is 11.5 Å². The Balaban J connectivity index is 2.69. The molecular weight excluding hydrogens is 284 g/mol. The quantitative estimate of drug-likeness (QED) is 0.935. The minimum Gasteiger partial charge on any atom is -0.495 e. The van der Waals surface area contributed by atoms with Gasteiger partial charge in [-0.2, -0.15) is 0 Å². The van der Waals surface area contributed by atoms with Gasteiger partial charge >= 0.3 is 5.97 Å². The fourth-order valence-corrected chi connectivity index (χ4v) is 2.04. The topological polar surface area (TPSA) is 72.6 Å². The number of halogens is 2. The average Bonchev–Trinajstić information content (AvgIpc) is 2.86. The van der Waals surface area contributed by atoms with Crippen LogP contribution >= 0.6 is 0 Å². The van der Waals surface area contributed by atoms with Gasteiger partial charge in [-0.15, -0.1) is 0 Å². The number of aryl methyl sites for hydroxylation is 1. The highest BCUT2D eigenvalue weighted by molar-refractivity contribution is 5.87. The first-order valence-electron chi connectivity index (χ1n) is 6.02.